The molecule has 0 atom stereocenters. The van der Waals surface area contributed by atoms with Crippen molar-refractivity contribution in [1.82, 2.24) is 0 Å². The summed E-state index contributed by atoms with van der Waals surface area (Å²) in [6.07, 6.45) is -4.31. The van der Waals surface area contributed by atoms with Gasteiger partial charge in [-0.1, -0.05) is 53.9 Å². The number of carbonyl (C=O) groups excluding carboxylic acids is 2. The van der Waals surface area contributed by atoms with Gasteiger partial charge in [-0.05, 0) is 11.3 Å². The molecule has 0 aromatic heterocycles. The standard InChI is InChI=1S/C17H12F3NO5S2/c1-25-14(22)12-13(15(23)26-2)28-16(27-12)10(17(18,19)20)8-11(21-24)9-6-4-3-5-7-9/h3-8H,1-2H3/b11-8-. The van der Waals surface area contributed by atoms with E-state index in [0.717, 1.165) is 14.2 Å². The highest BCUT2D eigenvalue weighted by Gasteiger charge is 2.41. The average Bonchev–Trinajstić information content (AvgIpc) is 3.12. The van der Waals surface area contributed by atoms with E-state index in [1.54, 1.807) is 18.2 Å². The maximum Gasteiger partial charge on any atom is 0.418 e. The number of hydrogen-bond donors (Lipinski definition) is 0. The third-order valence-electron chi connectivity index (χ3n) is 3.31. The van der Waals surface area contributed by atoms with Gasteiger partial charge >= 0.3 is 18.1 Å². The van der Waals surface area contributed by atoms with Crippen molar-refractivity contribution in [2.24, 2.45) is 5.18 Å². The largest absolute Gasteiger partial charge is 0.465 e. The monoisotopic (exact) mass is 431 g/mol. The van der Waals surface area contributed by atoms with Gasteiger partial charge in [0.25, 0.3) is 0 Å². The Morgan fingerprint density at radius 2 is 1.50 bits per heavy atom. The first-order chi connectivity index (χ1) is 13.2. The summed E-state index contributed by atoms with van der Waals surface area (Å²) in [5, 5.41) is 2.69. The van der Waals surface area contributed by atoms with Gasteiger partial charge in [0.05, 0.1) is 24.0 Å². The Kier molecular flexibility index (Phi) is 7.08. The molecule has 1 aliphatic heterocycles. The van der Waals surface area contributed by atoms with Crippen LogP contribution in [0.25, 0.3) is 5.70 Å². The first-order valence-electron chi connectivity index (χ1n) is 7.41. The van der Waals surface area contributed by atoms with Gasteiger partial charge in [0.15, 0.2) is 0 Å². The smallest absolute Gasteiger partial charge is 0.418 e. The van der Waals surface area contributed by atoms with E-state index in [9.17, 15) is 27.7 Å². The van der Waals surface area contributed by atoms with Crippen molar-refractivity contribution in [1.29, 1.82) is 0 Å². The Balaban J connectivity index is 2.59. The summed E-state index contributed by atoms with van der Waals surface area (Å²) in [6.45, 7) is 0. The van der Waals surface area contributed by atoms with Gasteiger partial charge in [0, 0.05) is 5.56 Å². The number of nitroso groups, excluding NO2 is 1. The molecule has 0 radical (unpaired) electrons. The first kappa shape index (κ1) is 21.8. The lowest BCUT2D eigenvalue weighted by Gasteiger charge is -2.11. The fraction of sp³-hybridized carbons (Fsp3) is 0.176. The van der Waals surface area contributed by atoms with Crippen molar-refractivity contribution in [3.05, 3.63) is 66.5 Å². The Hall–Kier alpha value is -2.53. The van der Waals surface area contributed by atoms with Crippen molar-refractivity contribution in [3.63, 3.8) is 0 Å². The van der Waals surface area contributed by atoms with Crippen LogP contribution in [0.4, 0.5) is 13.2 Å². The minimum absolute atomic E-state index is 0.183. The van der Waals surface area contributed by atoms with E-state index in [1.165, 1.54) is 12.1 Å². The highest BCUT2D eigenvalue weighted by atomic mass is 32.2. The molecule has 0 amide bonds. The van der Waals surface area contributed by atoms with E-state index in [2.05, 4.69) is 14.7 Å². The van der Waals surface area contributed by atoms with Gasteiger partial charge in [-0.25, -0.2) is 9.59 Å². The van der Waals surface area contributed by atoms with Gasteiger partial charge in [-0.3, -0.25) is 0 Å². The van der Waals surface area contributed by atoms with Gasteiger partial charge in [0.2, 0.25) is 0 Å². The number of esters is 2. The van der Waals surface area contributed by atoms with E-state index in [1.807, 2.05) is 0 Å². The Bertz CT molecular complexity index is 862. The quantitative estimate of drug-likeness (QED) is 0.498. The highest BCUT2D eigenvalue weighted by molar-refractivity contribution is 8.29. The van der Waals surface area contributed by atoms with Gasteiger partial charge in [0.1, 0.15) is 15.5 Å². The van der Waals surface area contributed by atoms with Crippen LogP contribution in [0.3, 0.4) is 0 Å². The van der Waals surface area contributed by atoms with Crippen molar-refractivity contribution in [2.45, 2.75) is 6.18 Å². The van der Waals surface area contributed by atoms with Crippen LogP contribution < -0.4 is 0 Å². The third-order valence-corrected chi connectivity index (χ3v) is 5.90. The normalized spacial score (nSPS) is 14.8. The predicted octanol–water partition coefficient (Wildman–Crippen LogP) is 4.61. The topological polar surface area (TPSA) is 82.0 Å². The number of ether oxygens (including phenoxy) is 2. The summed E-state index contributed by atoms with van der Waals surface area (Å²) in [5.74, 6) is -1.95. The molecule has 6 nitrogen and oxygen atoms in total. The van der Waals surface area contributed by atoms with Crippen LogP contribution in [0.15, 0.2) is 61.2 Å². The lowest BCUT2D eigenvalue weighted by atomic mass is 10.1. The van der Waals surface area contributed by atoms with Gasteiger partial charge in [-0.2, -0.15) is 13.2 Å². The molecule has 0 saturated heterocycles. The number of carbonyl (C=O) groups is 2. The fourth-order valence-electron chi connectivity index (χ4n) is 2.03. The highest BCUT2D eigenvalue weighted by Crippen LogP contribution is 2.54. The van der Waals surface area contributed by atoms with Crippen molar-refractivity contribution in [2.75, 3.05) is 14.2 Å². The molecule has 0 spiro atoms. The molecule has 1 aromatic rings. The van der Waals surface area contributed by atoms with Crippen LogP contribution in [0.2, 0.25) is 0 Å². The van der Waals surface area contributed by atoms with Gasteiger partial charge < -0.3 is 9.47 Å². The predicted molar refractivity (Wildman–Crippen MR) is 99.5 cm³/mol. The molecule has 148 valence electrons. The summed E-state index contributed by atoms with van der Waals surface area (Å²) in [4.78, 5) is 34.2. The van der Waals surface area contributed by atoms with Crippen LogP contribution in [0.5, 0.6) is 0 Å². The molecule has 2 rings (SSSR count). The van der Waals surface area contributed by atoms with E-state index in [4.69, 9.17) is 0 Å². The van der Waals surface area contributed by atoms with E-state index < -0.39 is 33.6 Å². The molecule has 0 bridgehead atoms. The number of rotatable bonds is 5. The van der Waals surface area contributed by atoms with Gasteiger partial charge in [-0.15, -0.1) is 4.91 Å². The molecule has 1 aromatic carbocycles. The third kappa shape index (κ3) is 4.84. The Morgan fingerprint density at radius 3 is 1.89 bits per heavy atom. The van der Waals surface area contributed by atoms with Crippen LogP contribution in [0.1, 0.15) is 5.56 Å². The molecule has 28 heavy (non-hydrogen) atoms. The second kappa shape index (κ2) is 9.11. The Morgan fingerprint density at radius 1 is 1.00 bits per heavy atom. The number of nitrogens with zero attached hydrogens (tertiary/aromatic N) is 1. The lowest BCUT2D eigenvalue weighted by Crippen LogP contribution is -2.11. The molecule has 1 heterocycles. The van der Waals surface area contributed by atoms with Crippen molar-refractivity contribution in [3.8, 4) is 0 Å². The molecule has 0 aliphatic carbocycles. The van der Waals surface area contributed by atoms with Crippen LogP contribution >= 0.6 is 23.5 Å². The number of hydrogen-bond acceptors (Lipinski definition) is 8. The first-order valence-corrected chi connectivity index (χ1v) is 9.04. The zero-order valence-electron chi connectivity index (χ0n) is 14.4. The molecule has 1 aliphatic rings. The van der Waals surface area contributed by atoms with E-state index >= 15 is 0 Å². The molecular formula is C17H12F3NO5S2. The average molecular weight is 431 g/mol. The molecule has 11 heteroatoms. The van der Waals surface area contributed by atoms with Crippen LogP contribution in [-0.2, 0) is 19.1 Å². The zero-order chi connectivity index (χ0) is 20.9. The number of allylic oxidation sites excluding steroid dienone is 2. The summed E-state index contributed by atoms with van der Waals surface area (Å²) in [5.41, 5.74) is -1.49. The van der Waals surface area contributed by atoms with Crippen molar-refractivity contribution < 1.29 is 32.2 Å². The number of methoxy groups -OCH3 is 2. The van der Waals surface area contributed by atoms with Crippen LogP contribution in [0, 0.1) is 4.91 Å². The second-order valence-electron chi connectivity index (χ2n) is 5.03. The molecule has 0 fully saturated rings. The molecule has 0 N–H and O–H groups in total. The van der Waals surface area contributed by atoms with Crippen molar-refractivity contribution >= 4 is 41.2 Å². The summed E-state index contributed by atoms with van der Waals surface area (Å²) in [7, 11) is 2.07. The number of thioether (sulfide) groups is 2. The lowest BCUT2D eigenvalue weighted by molar-refractivity contribution is -0.138. The zero-order valence-corrected chi connectivity index (χ0v) is 16.0. The fourth-order valence-corrected chi connectivity index (χ4v) is 4.57. The minimum Gasteiger partial charge on any atom is -0.465 e. The molecular weight excluding hydrogens is 419 g/mol. The minimum atomic E-state index is -4.88. The Labute approximate surface area is 165 Å². The maximum absolute atomic E-state index is 13.7. The summed E-state index contributed by atoms with van der Waals surface area (Å²) in [6, 6.07) is 7.57. The van der Waals surface area contributed by atoms with E-state index in [0.29, 0.717) is 29.6 Å². The number of alkyl halides is 3. The number of benzene rings is 1. The summed E-state index contributed by atoms with van der Waals surface area (Å²) >= 11 is 0.833. The number of halogens is 3. The molecule has 0 unspecified atom stereocenters. The maximum atomic E-state index is 13.7. The van der Waals surface area contributed by atoms with E-state index in [-0.39, 0.29) is 15.4 Å². The summed E-state index contributed by atoms with van der Waals surface area (Å²) < 4.78 is 49.7. The SMILES string of the molecule is COC(=O)C1=C(C(=O)OC)SC(=C(/C=C(\N=O)c2ccccc2)C(F)(F)F)S1. The molecule has 0 saturated carbocycles. The van der Waals surface area contributed by atoms with Crippen LogP contribution in [-0.4, -0.2) is 32.3 Å². The second-order valence-corrected chi connectivity index (χ2v) is 7.33.